The standard InChI is InChI=1S/C31H44O9/c1-17-6-5-7-21-16-36-27-26(33)20(15-32)10-24(31(21,27)35)28(34)37-23-11-22(12-25-29(4,13-17)40-25)39-30(14-23)9-8-18(2)19(3)38-30/h5-7,10,17-19,22-27,32-33,35H,8-9,11-16H2,1-4H3/b6-5+,21-7+/t17-,18-,19+,22-,23-,24-,25-,26+,27+,29-,30-,31+/m0/s1. The van der Waals surface area contributed by atoms with Crippen molar-refractivity contribution in [3.05, 3.63) is 35.5 Å². The van der Waals surface area contributed by atoms with Gasteiger partial charge in [-0.25, -0.2) is 0 Å². The van der Waals surface area contributed by atoms with Crippen molar-refractivity contribution in [1.29, 1.82) is 0 Å². The van der Waals surface area contributed by atoms with E-state index in [2.05, 4.69) is 33.8 Å². The highest BCUT2D eigenvalue weighted by Gasteiger charge is 2.61. The molecule has 9 heteroatoms. The molecule has 3 N–H and O–H groups in total. The fraction of sp³-hybridized carbons (Fsp3) is 0.774. The molecule has 0 aromatic carbocycles. The minimum Gasteiger partial charge on any atom is -0.462 e. The van der Waals surface area contributed by atoms with Crippen molar-refractivity contribution >= 4 is 5.97 Å². The molecule has 222 valence electrons. The van der Waals surface area contributed by atoms with Crippen molar-refractivity contribution in [3.8, 4) is 0 Å². The second kappa shape index (κ2) is 10.3. The van der Waals surface area contributed by atoms with Crippen LogP contribution in [0.3, 0.4) is 0 Å². The summed E-state index contributed by atoms with van der Waals surface area (Å²) in [7, 11) is 0. The number of epoxide rings is 1. The summed E-state index contributed by atoms with van der Waals surface area (Å²) in [5.41, 5.74) is -1.33. The van der Waals surface area contributed by atoms with E-state index in [1.807, 2.05) is 6.08 Å². The Hall–Kier alpha value is -1.59. The maximum Gasteiger partial charge on any atom is 0.316 e. The zero-order chi connectivity index (χ0) is 28.4. The number of hydrogen-bond donors (Lipinski definition) is 3. The summed E-state index contributed by atoms with van der Waals surface area (Å²) in [6.45, 7) is 8.11. The minimum absolute atomic E-state index is 0.0106. The largest absolute Gasteiger partial charge is 0.462 e. The first kappa shape index (κ1) is 28.5. The summed E-state index contributed by atoms with van der Waals surface area (Å²) in [5, 5.41) is 32.9. The number of hydrogen-bond acceptors (Lipinski definition) is 9. The lowest BCUT2D eigenvalue weighted by Gasteiger charge is -2.49. The van der Waals surface area contributed by atoms with Crippen LogP contribution in [0, 0.1) is 17.8 Å². The van der Waals surface area contributed by atoms with Crippen LogP contribution in [0.5, 0.6) is 0 Å². The zero-order valence-corrected chi connectivity index (χ0v) is 24.0. The molecular weight excluding hydrogens is 516 g/mol. The summed E-state index contributed by atoms with van der Waals surface area (Å²) in [4.78, 5) is 13.9. The van der Waals surface area contributed by atoms with Crippen LogP contribution < -0.4 is 0 Å². The second-order valence-electron chi connectivity index (χ2n) is 13.3. The van der Waals surface area contributed by atoms with Gasteiger partial charge < -0.3 is 39.0 Å². The van der Waals surface area contributed by atoms with E-state index in [1.54, 1.807) is 6.08 Å². The van der Waals surface area contributed by atoms with Crippen molar-refractivity contribution in [3.63, 3.8) is 0 Å². The molecule has 4 saturated heterocycles. The summed E-state index contributed by atoms with van der Waals surface area (Å²) in [5.74, 6) is -1.99. The molecule has 9 nitrogen and oxygen atoms in total. The average molecular weight is 561 g/mol. The zero-order valence-electron chi connectivity index (χ0n) is 24.0. The van der Waals surface area contributed by atoms with Crippen molar-refractivity contribution < 1.29 is 43.8 Å². The molecule has 0 unspecified atom stereocenters. The number of ether oxygens (including phenoxy) is 5. The monoisotopic (exact) mass is 560 g/mol. The van der Waals surface area contributed by atoms with Crippen molar-refractivity contribution in [2.75, 3.05) is 13.2 Å². The van der Waals surface area contributed by atoms with Crippen molar-refractivity contribution in [2.24, 2.45) is 17.8 Å². The van der Waals surface area contributed by atoms with Crippen LogP contribution in [0.15, 0.2) is 35.5 Å². The smallest absolute Gasteiger partial charge is 0.316 e. The highest BCUT2D eigenvalue weighted by molar-refractivity contribution is 5.78. The molecule has 2 bridgehead atoms. The Morgan fingerprint density at radius 3 is 2.62 bits per heavy atom. The molecule has 40 heavy (non-hydrogen) atoms. The molecule has 1 spiro atoms. The Labute approximate surface area is 236 Å². The Morgan fingerprint density at radius 2 is 1.88 bits per heavy atom. The molecule has 6 aliphatic rings. The van der Waals surface area contributed by atoms with E-state index in [9.17, 15) is 20.1 Å². The molecule has 5 heterocycles. The van der Waals surface area contributed by atoms with Gasteiger partial charge >= 0.3 is 5.97 Å². The van der Waals surface area contributed by atoms with Crippen LogP contribution in [0.2, 0.25) is 0 Å². The number of fused-ring (bicyclic) bond motifs is 3. The van der Waals surface area contributed by atoms with Gasteiger partial charge in [0.1, 0.15) is 29.8 Å². The highest BCUT2D eigenvalue weighted by Crippen LogP contribution is 2.50. The molecule has 1 aliphatic carbocycles. The molecule has 5 aliphatic heterocycles. The normalized spacial score (nSPS) is 53.0. The van der Waals surface area contributed by atoms with Gasteiger partial charge in [0.05, 0.1) is 37.1 Å². The number of carbonyl (C=O) groups excluding carboxylic acids is 1. The quantitative estimate of drug-likeness (QED) is 0.252. The molecule has 0 aromatic heterocycles. The van der Waals surface area contributed by atoms with Crippen molar-refractivity contribution in [1.82, 2.24) is 0 Å². The first-order chi connectivity index (χ1) is 19.0. The maximum absolute atomic E-state index is 13.9. The number of allylic oxidation sites excluding steroid dienone is 3. The molecular formula is C31H44O9. The Kier molecular flexibility index (Phi) is 7.34. The van der Waals surface area contributed by atoms with Gasteiger partial charge in [-0.15, -0.1) is 0 Å². The lowest BCUT2D eigenvalue weighted by atomic mass is 9.70. The first-order valence-electron chi connectivity index (χ1n) is 14.9. The molecule has 0 saturated carbocycles. The maximum atomic E-state index is 13.9. The third kappa shape index (κ3) is 4.91. The number of rotatable bonds is 1. The van der Waals surface area contributed by atoms with E-state index >= 15 is 0 Å². The first-order valence-corrected chi connectivity index (χ1v) is 14.9. The van der Waals surface area contributed by atoms with E-state index in [0.717, 1.165) is 12.8 Å². The van der Waals surface area contributed by atoms with Gasteiger partial charge in [-0.05, 0) is 49.7 Å². The van der Waals surface area contributed by atoms with Crippen molar-refractivity contribution in [2.45, 2.75) is 120 Å². The fourth-order valence-corrected chi connectivity index (χ4v) is 7.63. The van der Waals surface area contributed by atoms with Crippen LogP contribution in [0.4, 0.5) is 0 Å². The molecule has 4 fully saturated rings. The van der Waals surface area contributed by atoms with Crippen LogP contribution in [0.1, 0.15) is 66.2 Å². The van der Waals surface area contributed by atoms with Crippen LogP contribution in [-0.4, -0.2) is 88.1 Å². The van der Waals surface area contributed by atoms with E-state index in [1.165, 1.54) is 6.08 Å². The van der Waals surface area contributed by atoms with Gasteiger partial charge in [0.2, 0.25) is 0 Å². The fourth-order valence-electron chi connectivity index (χ4n) is 7.63. The Morgan fingerprint density at radius 1 is 1.07 bits per heavy atom. The predicted molar refractivity (Wildman–Crippen MR) is 144 cm³/mol. The number of aliphatic hydroxyl groups excluding tert-OH is 2. The molecule has 0 amide bonds. The number of aliphatic hydroxyl groups is 3. The summed E-state index contributed by atoms with van der Waals surface area (Å²) >= 11 is 0. The molecule has 6 rings (SSSR count). The Balaban J connectivity index is 1.37. The SMILES string of the molecule is C[C@H]1/C=C/C=C2\CO[C@@H]3[C@H](O)C(CO)=C[C@@H](C(=O)O[C@H]4C[C@@H](C[C@@H]5O[C@@]5(C)C1)O[C@@]1(CC[C@H](C)[C@@H](C)O1)C4)[C@]23O. The van der Waals surface area contributed by atoms with Crippen LogP contribution in [-0.2, 0) is 28.5 Å². The van der Waals surface area contributed by atoms with E-state index in [-0.39, 0.29) is 42.0 Å². The topological polar surface area (TPSA) is 127 Å². The summed E-state index contributed by atoms with van der Waals surface area (Å²) in [6, 6.07) is 0. The predicted octanol–water partition coefficient (Wildman–Crippen LogP) is 2.72. The molecule has 12 atom stereocenters. The lowest BCUT2D eigenvalue weighted by molar-refractivity contribution is -0.333. The second-order valence-corrected chi connectivity index (χ2v) is 13.3. The lowest BCUT2D eigenvalue weighted by Crippen LogP contribution is -2.58. The van der Waals surface area contributed by atoms with Gasteiger partial charge in [0.15, 0.2) is 5.79 Å². The van der Waals surface area contributed by atoms with Crippen LogP contribution >= 0.6 is 0 Å². The van der Waals surface area contributed by atoms with Gasteiger partial charge in [-0.3, -0.25) is 4.79 Å². The summed E-state index contributed by atoms with van der Waals surface area (Å²) < 4.78 is 31.4. The van der Waals surface area contributed by atoms with E-state index < -0.39 is 48.2 Å². The third-order valence-corrected chi connectivity index (χ3v) is 10.2. The third-order valence-electron chi connectivity index (χ3n) is 10.2. The highest BCUT2D eigenvalue weighted by atomic mass is 16.7. The molecule has 0 radical (unpaired) electrons. The Bertz CT molecular complexity index is 1100. The number of carbonyl (C=O) groups is 1. The van der Waals surface area contributed by atoms with Gasteiger partial charge in [-0.1, -0.05) is 38.2 Å². The average Bonchev–Trinajstić information content (AvgIpc) is 3.36. The van der Waals surface area contributed by atoms with Gasteiger partial charge in [-0.2, -0.15) is 0 Å². The minimum atomic E-state index is -1.80. The molecule has 0 aromatic rings. The van der Waals surface area contributed by atoms with E-state index in [0.29, 0.717) is 37.2 Å². The van der Waals surface area contributed by atoms with E-state index in [4.69, 9.17) is 23.7 Å². The van der Waals surface area contributed by atoms with Gasteiger partial charge in [0.25, 0.3) is 0 Å². The van der Waals surface area contributed by atoms with Crippen LogP contribution in [0.25, 0.3) is 0 Å². The number of esters is 1. The van der Waals surface area contributed by atoms with Gasteiger partial charge in [0, 0.05) is 25.7 Å². The summed E-state index contributed by atoms with van der Waals surface area (Å²) in [6.07, 6.45) is 8.29.